The molecule has 0 aliphatic heterocycles. The standard InChI is InChI=1S/C17H22O2/c1-16(2)14(11-12-17(16,3)15(18)19)10-9-13-7-5-4-6-8-13/h4-10,14H,11-12H2,1-3H3,(H,18,19)/b10-9+/t14-,17+/m1/s1. The van der Waals surface area contributed by atoms with Crippen LogP contribution in [0.4, 0.5) is 0 Å². The summed E-state index contributed by atoms with van der Waals surface area (Å²) in [5, 5.41) is 9.49. The lowest BCUT2D eigenvalue weighted by Gasteiger charge is -2.37. The number of carbonyl (C=O) groups is 1. The lowest BCUT2D eigenvalue weighted by atomic mass is 9.65. The van der Waals surface area contributed by atoms with Crippen molar-refractivity contribution < 1.29 is 9.90 Å². The second-order valence-electron chi connectivity index (χ2n) is 6.27. The molecular formula is C17H22O2. The molecule has 1 aliphatic carbocycles. The summed E-state index contributed by atoms with van der Waals surface area (Å²) in [6.07, 6.45) is 5.99. The molecule has 2 nitrogen and oxygen atoms in total. The molecule has 1 aliphatic rings. The Labute approximate surface area is 115 Å². The Hall–Kier alpha value is -1.57. The zero-order chi connectivity index (χ0) is 14.1. The molecule has 2 atom stereocenters. The van der Waals surface area contributed by atoms with E-state index in [4.69, 9.17) is 0 Å². The number of benzene rings is 1. The van der Waals surface area contributed by atoms with E-state index in [0.717, 1.165) is 12.8 Å². The van der Waals surface area contributed by atoms with Crippen LogP contribution >= 0.6 is 0 Å². The molecule has 2 heteroatoms. The van der Waals surface area contributed by atoms with Gasteiger partial charge >= 0.3 is 5.97 Å². The average molecular weight is 258 g/mol. The van der Waals surface area contributed by atoms with Gasteiger partial charge in [0.05, 0.1) is 5.41 Å². The quantitative estimate of drug-likeness (QED) is 0.881. The molecule has 0 amide bonds. The van der Waals surface area contributed by atoms with Crippen LogP contribution in [-0.4, -0.2) is 11.1 Å². The Kier molecular flexibility index (Phi) is 3.53. The number of hydrogen-bond donors (Lipinski definition) is 1. The van der Waals surface area contributed by atoms with Crippen molar-refractivity contribution in [3.63, 3.8) is 0 Å². The third kappa shape index (κ3) is 2.32. The highest BCUT2D eigenvalue weighted by molar-refractivity contribution is 5.76. The highest BCUT2D eigenvalue weighted by atomic mass is 16.4. The molecule has 0 bridgehead atoms. The average Bonchev–Trinajstić information content (AvgIpc) is 2.61. The lowest BCUT2D eigenvalue weighted by molar-refractivity contribution is -0.154. The fourth-order valence-corrected chi connectivity index (χ4v) is 3.05. The third-order valence-electron chi connectivity index (χ3n) is 5.10. The normalized spacial score (nSPS) is 29.7. The van der Waals surface area contributed by atoms with Crippen LogP contribution in [0.25, 0.3) is 6.08 Å². The Bertz CT molecular complexity index is 487. The van der Waals surface area contributed by atoms with Crippen LogP contribution in [0.1, 0.15) is 39.2 Å². The molecule has 0 saturated heterocycles. The maximum atomic E-state index is 11.5. The van der Waals surface area contributed by atoms with E-state index in [-0.39, 0.29) is 5.41 Å². The minimum absolute atomic E-state index is 0.218. The molecule has 102 valence electrons. The number of rotatable bonds is 3. The van der Waals surface area contributed by atoms with Crippen molar-refractivity contribution in [3.05, 3.63) is 42.0 Å². The molecule has 0 aromatic heterocycles. The molecule has 19 heavy (non-hydrogen) atoms. The highest BCUT2D eigenvalue weighted by Crippen LogP contribution is 2.56. The van der Waals surface area contributed by atoms with Crippen molar-refractivity contribution in [3.8, 4) is 0 Å². The zero-order valence-electron chi connectivity index (χ0n) is 11.9. The Morgan fingerprint density at radius 3 is 2.42 bits per heavy atom. The molecule has 0 unspecified atom stereocenters. The largest absolute Gasteiger partial charge is 0.481 e. The van der Waals surface area contributed by atoms with Crippen LogP contribution in [0, 0.1) is 16.7 Å². The molecule has 0 spiro atoms. The van der Waals surface area contributed by atoms with Crippen molar-refractivity contribution in [1.82, 2.24) is 0 Å². The van der Waals surface area contributed by atoms with Crippen molar-refractivity contribution in [2.75, 3.05) is 0 Å². The predicted molar refractivity (Wildman–Crippen MR) is 77.7 cm³/mol. The summed E-state index contributed by atoms with van der Waals surface area (Å²) in [5.41, 5.74) is 0.324. The molecule has 1 aromatic carbocycles. The van der Waals surface area contributed by atoms with Crippen LogP contribution in [0.2, 0.25) is 0 Å². The van der Waals surface area contributed by atoms with Crippen LogP contribution in [0.5, 0.6) is 0 Å². The van der Waals surface area contributed by atoms with Gasteiger partial charge in [-0.05, 0) is 36.7 Å². The van der Waals surface area contributed by atoms with Gasteiger partial charge in [-0.15, -0.1) is 0 Å². The van der Waals surface area contributed by atoms with Crippen molar-refractivity contribution >= 4 is 12.0 Å². The van der Waals surface area contributed by atoms with E-state index in [1.165, 1.54) is 5.56 Å². The fourth-order valence-electron chi connectivity index (χ4n) is 3.05. The number of carboxylic acid groups (broad SMARTS) is 1. The summed E-state index contributed by atoms with van der Waals surface area (Å²) >= 11 is 0. The molecule has 1 fully saturated rings. The summed E-state index contributed by atoms with van der Waals surface area (Å²) < 4.78 is 0. The van der Waals surface area contributed by atoms with Gasteiger partial charge in [-0.1, -0.05) is 56.3 Å². The van der Waals surface area contributed by atoms with Gasteiger partial charge in [-0.3, -0.25) is 4.79 Å². The minimum atomic E-state index is -0.673. The Morgan fingerprint density at radius 2 is 1.89 bits per heavy atom. The van der Waals surface area contributed by atoms with Gasteiger partial charge in [0, 0.05) is 0 Å². The molecule has 1 N–H and O–H groups in total. The van der Waals surface area contributed by atoms with Crippen LogP contribution in [-0.2, 0) is 4.79 Å². The van der Waals surface area contributed by atoms with E-state index >= 15 is 0 Å². The SMILES string of the molecule is CC1(C)[C@H](/C=C/c2ccccc2)CC[C@@]1(C)C(=O)O. The first-order chi connectivity index (χ1) is 8.88. The maximum Gasteiger partial charge on any atom is 0.309 e. The first-order valence-corrected chi connectivity index (χ1v) is 6.84. The zero-order valence-corrected chi connectivity index (χ0v) is 11.9. The van der Waals surface area contributed by atoms with Crippen LogP contribution in [0.15, 0.2) is 36.4 Å². The predicted octanol–water partition coefficient (Wildman–Crippen LogP) is 4.23. The van der Waals surface area contributed by atoms with E-state index in [9.17, 15) is 9.90 Å². The van der Waals surface area contributed by atoms with Gasteiger partial charge in [0.1, 0.15) is 0 Å². The van der Waals surface area contributed by atoms with E-state index in [0.29, 0.717) is 5.92 Å². The molecule has 1 saturated carbocycles. The molecule has 0 heterocycles. The summed E-state index contributed by atoms with van der Waals surface area (Å²) in [6.45, 7) is 6.04. The Morgan fingerprint density at radius 1 is 1.26 bits per heavy atom. The van der Waals surface area contributed by atoms with Gasteiger partial charge < -0.3 is 5.11 Å². The summed E-state index contributed by atoms with van der Waals surface area (Å²) in [4.78, 5) is 11.5. The van der Waals surface area contributed by atoms with Crippen molar-refractivity contribution in [2.45, 2.75) is 33.6 Å². The first-order valence-electron chi connectivity index (χ1n) is 6.84. The molecular weight excluding hydrogens is 236 g/mol. The van der Waals surface area contributed by atoms with Gasteiger partial charge in [0.15, 0.2) is 0 Å². The van der Waals surface area contributed by atoms with Gasteiger partial charge in [-0.2, -0.15) is 0 Å². The van der Waals surface area contributed by atoms with E-state index in [1.807, 2.05) is 25.1 Å². The monoisotopic (exact) mass is 258 g/mol. The fraction of sp³-hybridized carbons (Fsp3) is 0.471. The smallest absolute Gasteiger partial charge is 0.309 e. The van der Waals surface area contributed by atoms with Crippen molar-refractivity contribution in [1.29, 1.82) is 0 Å². The van der Waals surface area contributed by atoms with E-state index < -0.39 is 11.4 Å². The number of hydrogen-bond acceptors (Lipinski definition) is 1. The number of carboxylic acids is 1. The number of aliphatic carboxylic acids is 1. The number of allylic oxidation sites excluding steroid dienone is 1. The van der Waals surface area contributed by atoms with Crippen molar-refractivity contribution in [2.24, 2.45) is 16.7 Å². The molecule has 0 radical (unpaired) electrons. The summed E-state index contributed by atoms with van der Waals surface area (Å²) in [7, 11) is 0. The second-order valence-corrected chi connectivity index (χ2v) is 6.27. The van der Waals surface area contributed by atoms with Crippen LogP contribution in [0.3, 0.4) is 0 Å². The summed E-state index contributed by atoms with van der Waals surface area (Å²) in [5.74, 6) is -0.359. The van der Waals surface area contributed by atoms with E-state index in [2.05, 4.69) is 38.1 Å². The molecule has 1 aromatic rings. The first kappa shape index (κ1) is 13.9. The lowest BCUT2D eigenvalue weighted by Crippen LogP contribution is -2.40. The van der Waals surface area contributed by atoms with Crippen LogP contribution < -0.4 is 0 Å². The summed E-state index contributed by atoms with van der Waals surface area (Å²) in [6, 6.07) is 10.2. The third-order valence-corrected chi connectivity index (χ3v) is 5.10. The maximum absolute atomic E-state index is 11.5. The molecule has 2 rings (SSSR count). The topological polar surface area (TPSA) is 37.3 Å². The minimum Gasteiger partial charge on any atom is -0.481 e. The highest BCUT2D eigenvalue weighted by Gasteiger charge is 2.55. The second kappa shape index (κ2) is 4.84. The van der Waals surface area contributed by atoms with Gasteiger partial charge in [0.25, 0.3) is 0 Å². The van der Waals surface area contributed by atoms with E-state index in [1.54, 1.807) is 0 Å². The Balaban J connectivity index is 2.20. The van der Waals surface area contributed by atoms with Gasteiger partial charge in [0.2, 0.25) is 0 Å². The van der Waals surface area contributed by atoms with Gasteiger partial charge in [-0.25, -0.2) is 0 Å².